The zero-order valence-electron chi connectivity index (χ0n) is 15.6. The maximum Gasteiger partial charge on any atom is 0.328 e. The van der Waals surface area contributed by atoms with E-state index in [2.05, 4.69) is 5.18 Å². The van der Waals surface area contributed by atoms with Crippen LogP contribution in [0.1, 0.15) is 40.9 Å². The van der Waals surface area contributed by atoms with Gasteiger partial charge in [-0.05, 0) is 86.9 Å². The van der Waals surface area contributed by atoms with Gasteiger partial charge in [-0.25, -0.2) is 0 Å². The molecule has 0 atom stereocenters. The summed E-state index contributed by atoms with van der Waals surface area (Å²) in [5, 5.41) is 12.2. The van der Waals surface area contributed by atoms with Crippen LogP contribution in [0, 0.1) is 18.8 Å². The average Bonchev–Trinajstić information content (AvgIpc) is 2.63. The standard InChI is InChI=1S/C21H21NO5/c1-13-11-15(12-14(2)19(13)24)5-10-18(23)16-6-8-17(9-7-16)27-21(3,4)20(25)22-26/h5-12,24H,1-4H3/b10-5+. The van der Waals surface area contributed by atoms with E-state index in [9.17, 15) is 19.6 Å². The van der Waals surface area contributed by atoms with Crippen molar-refractivity contribution in [3.05, 3.63) is 69.6 Å². The van der Waals surface area contributed by atoms with Crippen LogP contribution in [0.25, 0.3) is 6.08 Å². The molecule has 0 saturated heterocycles. The molecule has 0 aromatic heterocycles. The van der Waals surface area contributed by atoms with E-state index in [1.807, 2.05) is 0 Å². The van der Waals surface area contributed by atoms with Crippen molar-refractivity contribution in [1.82, 2.24) is 0 Å². The van der Waals surface area contributed by atoms with Gasteiger partial charge in [-0.15, -0.1) is 4.91 Å². The van der Waals surface area contributed by atoms with Crippen molar-refractivity contribution < 1.29 is 19.4 Å². The molecule has 1 amide bonds. The molecule has 2 rings (SSSR count). The molecule has 0 aliphatic heterocycles. The summed E-state index contributed by atoms with van der Waals surface area (Å²) in [6, 6.07) is 9.84. The number of carbonyl (C=O) groups excluding carboxylic acids is 2. The van der Waals surface area contributed by atoms with Crippen molar-refractivity contribution in [3.63, 3.8) is 0 Å². The number of nitroso groups, excluding NO2 is 1. The van der Waals surface area contributed by atoms with Crippen LogP contribution in [-0.4, -0.2) is 22.4 Å². The Balaban J connectivity index is 2.12. The first-order valence-corrected chi connectivity index (χ1v) is 8.33. The first-order valence-electron chi connectivity index (χ1n) is 8.33. The number of amides is 1. The number of allylic oxidation sites excluding steroid dienone is 1. The maximum atomic E-state index is 12.3. The van der Waals surface area contributed by atoms with Crippen molar-refractivity contribution in [2.24, 2.45) is 5.18 Å². The number of rotatable bonds is 6. The molecule has 0 spiro atoms. The summed E-state index contributed by atoms with van der Waals surface area (Å²) in [6.45, 7) is 6.49. The minimum atomic E-state index is -1.37. The van der Waals surface area contributed by atoms with Gasteiger partial charge in [0.15, 0.2) is 11.4 Å². The molecule has 6 nitrogen and oxygen atoms in total. The van der Waals surface area contributed by atoms with Crippen molar-refractivity contribution in [2.75, 3.05) is 0 Å². The van der Waals surface area contributed by atoms with Crippen LogP contribution in [-0.2, 0) is 4.79 Å². The second kappa shape index (κ2) is 7.95. The van der Waals surface area contributed by atoms with Crippen LogP contribution in [0.3, 0.4) is 0 Å². The monoisotopic (exact) mass is 367 g/mol. The molecule has 0 unspecified atom stereocenters. The lowest BCUT2D eigenvalue weighted by Crippen LogP contribution is -2.36. The largest absolute Gasteiger partial charge is 0.507 e. The lowest BCUT2D eigenvalue weighted by molar-refractivity contribution is -0.130. The quantitative estimate of drug-likeness (QED) is 0.465. The summed E-state index contributed by atoms with van der Waals surface area (Å²) in [5.41, 5.74) is 1.37. The normalized spacial score (nSPS) is 11.4. The molecule has 0 aliphatic carbocycles. The van der Waals surface area contributed by atoms with E-state index in [0.717, 1.165) is 16.7 Å². The van der Waals surface area contributed by atoms with E-state index in [0.29, 0.717) is 11.3 Å². The van der Waals surface area contributed by atoms with Crippen LogP contribution in [0.2, 0.25) is 0 Å². The predicted octanol–water partition coefficient (Wildman–Crippen LogP) is 4.36. The van der Waals surface area contributed by atoms with Crippen LogP contribution in [0.4, 0.5) is 0 Å². The summed E-state index contributed by atoms with van der Waals surface area (Å²) in [6.07, 6.45) is 3.13. The molecular weight excluding hydrogens is 346 g/mol. The molecule has 0 aliphatic rings. The summed E-state index contributed by atoms with van der Waals surface area (Å²) in [4.78, 5) is 34.1. The van der Waals surface area contributed by atoms with Gasteiger partial charge < -0.3 is 9.84 Å². The number of phenolic OH excluding ortho intramolecular Hbond substituents is 1. The lowest BCUT2D eigenvalue weighted by atomic mass is 10.0. The van der Waals surface area contributed by atoms with Gasteiger partial charge in [-0.2, -0.15) is 0 Å². The highest BCUT2D eigenvalue weighted by Gasteiger charge is 2.31. The molecule has 0 saturated carbocycles. The summed E-state index contributed by atoms with van der Waals surface area (Å²) >= 11 is 0. The van der Waals surface area contributed by atoms with Crippen LogP contribution in [0.15, 0.2) is 47.7 Å². The first kappa shape index (κ1) is 20.0. The van der Waals surface area contributed by atoms with Crippen molar-refractivity contribution in [2.45, 2.75) is 33.3 Å². The zero-order valence-corrected chi connectivity index (χ0v) is 15.6. The highest BCUT2D eigenvalue weighted by molar-refractivity contribution is 6.06. The highest BCUT2D eigenvalue weighted by atomic mass is 16.5. The predicted molar refractivity (Wildman–Crippen MR) is 103 cm³/mol. The second-order valence-corrected chi connectivity index (χ2v) is 6.73. The first-order chi connectivity index (χ1) is 12.6. The number of benzene rings is 2. The topological polar surface area (TPSA) is 93.0 Å². The third-order valence-electron chi connectivity index (χ3n) is 4.05. The Morgan fingerprint density at radius 2 is 1.63 bits per heavy atom. The minimum absolute atomic E-state index is 0.199. The molecule has 0 bridgehead atoms. The van der Waals surface area contributed by atoms with Gasteiger partial charge in [0, 0.05) is 10.7 Å². The summed E-state index contributed by atoms with van der Waals surface area (Å²) < 4.78 is 5.46. The Bertz CT molecular complexity index is 888. The zero-order chi connectivity index (χ0) is 20.2. The average molecular weight is 367 g/mol. The van der Waals surface area contributed by atoms with E-state index in [1.165, 1.54) is 19.9 Å². The number of carbonyl (C=O) groups is 2. The van der Waals surface area contributed by atoms with Gasteiger partial charge >= 0.3 is 5.91 Å². The minimum Gasteiger partial charge on any atom is -0.507 e. The van der Waals surface area contributed by atoms with Crippen molar-refractivity contribution in [1.29, 1.82) is 0 Å². The van der Waals surface area contributed by atoms with E-state index in [1.54, 1.807) is 56.3 Å². The molecule has 27 heavy (non-hydrogen) atoms. The van der Waals surface area contributed by atoms with Crippen LogP contribution in [0.5, 0.6) is 11.5 Å². The van der Waals surface area contributed by atoms with Crippen molar-refractivity contribution in [3.8, 4) is 11.5 Å². The lowest BCUT2D eigenvalue weighted by Gasteiger charge is -2.21. The fourth-order valence-corrected chi connectivity index (χ4v) is 2.49. The molecule has 140 valence electrons. The number of aromatic hydroxyl groups is 1. The van der Waals surface area contributed by atoms with Gasteiger partial charge in [0.25, 0.3) is 0 Å². The maximum absolute atomic E-state index is 12.3. The fourth-order valence-electron chi connectivity index (χ4n) is 2.49. The molecule has 0 radical (unpaired) electrons. The Morgan fingerprint density at radius 3 is 2.15 bits per heavy atom. The van der Waals surface area contributed by atoms with Crippen LogP contribution >= 0.6 is 0 Å². The number of hydrogen-bond donors (Lipinski definition) is 1. The molecule has 6 heteroatoms. The SMILES string of the molecule is Cc1cc(/C=C/C(=O)c2ccc(OC(C)(C)C(=O)N=O)cc2)cc(C)c1O. The van der Waals surface area contributed by atoms with Gasteiger partial charge in [0.2, 0.25) is 0 Å². The molecule has 2 aromatic carbocycles. The molecule has 1 N–H and O–H groups in total. The number of ether oxygens (including phenoxy) is 1. The van der Waals surface area contributed by atoms with Gasteiger partial charge in [-0.3, -0.25) is 9.59 Å². The van der Waals surface area contributed by atoms with Gasteiger partial charge in [-0.1, -0.05) is 6.08 Å². The summed E-state index contributed by atoms with van der Waals surface area (Å²) in [7, 11) is 0. The molecule has 0 heterocycles. The number of phenols is 1. The van der Waals surface area contributed by atoms with Crippen molar-refractivity contribution >= 4 is 17.8 Å². The fraction of sp³-hybridized carbons (Fsp3) is 0.238. The van der Waals surface area contributed by atoms with Gasteiger partial charge in [0.1, 0.15) is 11.5 Å². The highest BCUT2D eigenvalue weighted by Crippen LogP contribution is 2.24. The van der Waals surface area contributed by atoms with E-state index < -0.39 is 11.5 Å². The Labute approximate surface area is 157 Å². The Hall–Kier alpha value is -3.28. The number of ketones is 1. The Morgan fingerprint density at radius 1 is 1.07 bits per heavy atom. The summed E-state index contributed by atoms with van der Waals surface area (Å²) in [5.74, 6) is -0.512. The van der Waals surface area contributed by atoms with E-state index in [-0.39, 0.29) is 11.5 Å². The molecular formula is C21H21NO5. The molecule has 0 fully saturated rings. The van der Waals surface area contributed by atoms with E-state index in [4.69, 9.17) is 4.74 Å². The number of aryl methyl sites for hydroxylation is 2. The number of hydrogen-bond acceptors (Lipinski definition) is 5. The van der Waals surface area contributed by atoms with Crippen LogP contribution < -0.4 is 4.74 Å². The Kier molecular flexibility index (Phi) is 5.90. The third kappa shape index (κ3) is 4.88. The molecule has 2 aromatic rings. The smallest absolute Gasteiger partial charge is 0.328 e. The van der Waals surface area contributed by atoms with E-state index >= 15 is 0 Å². The second-order valence-electron chi connectivity index (χ2n) is 6.73. The third-order valence-corrected chi connectivity index (χ3v) is 4.05. The number of nitrogens with zero attached hydrogens (tertiary/aromatic N) is 1. The van der Waals surface area contributed by atoms with Gasteiger partial charge in [0.05, 0.1) is 0 Å².